The average molecular weight is 198 g/mol. The zero-order chi connectivity index (χ0) is 10.4. The molecule has 1 aliphatic heterocycles. The number of hydrogen-bond donors (Lipinski definition) is 1. The van der Waals surface area contributed by atoms with Gasteiger partial charge < -0.3 is 10.2 Å². The molecule has 0 spiro atoms. The standard InChI is InChI=1S/C12H26N2/c1-4-5-11(2)14-8-6-12(7-9-14)10-13-3/h11-13H,4-10H2,1-3H3. The molecule has 14 heavy (non-hydrogen) atoms. The number of piperidine rings is 1. The van der Waals surface area contributed by atoms with Crippen LogP contribution in [0.2, 0.25) is 0 Å². The van der Waals surface area contributed by atoms with Gasteiger partial charge in [-0.05, 0) is 58.8 Å². The minimum Gasteiger partial charge on any atom is -0.319 e. The number of rotatable bonds is 5. The van der Waals surface area contributed by atoms with Crippen molar-refractivity contribution in [2.75, 3.05) is 26.7 Å². The van der Waals surface area contributed by atoms with E-state index in [4.69, 9.17) is 0 Å². The van der Waals surface area contributed by atoms with Gasteiger partial charge in [0.25, 0.3) is 0 Å². The average Bonchev–Trinajstić information content (AvgIpc) is 2.20. The Morgan fingerprint density at radius 1 is 1.36 bits per heavy atom. The van der Waals surface area contributed by atoms with Gasteiger partial charge >= 0.3 is 0 Å². The third-order valence-corrected chi connectivity index (χ3v) is 3.47. The highest BCUT2D eigenvalue weighted by atomic mass is 15.2. The first-order valence-corrected chi connectivity index (χ1v) is 6.16. The Balaban J connectivity index is 2.21. The van der Waals surface area contributed by atoms with Gasteiger partial charge in [-0.2, -0.15) is 0 Å². The van der Waals surface area contributed by atoms with Crippen molar-refractivity contribution in [3.05, 3.63) is 0 Å². The minimum atomic E-state index is 0.801. The summed E-state index contributed by atoms with van der Waals surface area (Å²) in [6.07, 6.45) is 5.44. The molecular weight excluding hydrogens is 172 g/mol. The molecule has 0 aromatic rings. The monoisotopic (exact) mass is 198 g/mol. The SMILES string of the molecule is CCCC(C)N1CCC(CNC)CC1. The number of likely N-dealkylation sites (tertiary alicyclic amines) is 1. The molecule has 2 nitrogen and oxygen atoms in total. The minimum absolute atomic E-state index is 0.801. The van der Waals surface area contributed by atoms with Crippen LogP contribution in [0, 0.1) is 5.92 Å². The highest BCUT2D eigenvalue weighted by Gasteiger charge is 2.21. The lowest BCUT2D eigenvalue weighted by molar-refractivity contribution is 0.135. The quantitative estimate of drug-likeness (QED) is 0.728. The molecule has 1 heterocycles. The second-order valence-electron chi connectivity index (χ2n) is 4.67. The maximum Gasteiger partial charge on any atom is 0.00668 e. The molecule has 0 amide bonds. The number of nitrogens with zero attached hydrogens (tertiary/aromatic N) is 1. The smallest absolute Gasteiger partial charge is 0.00668 e. The molecule has 84 valence electrons. The van der Waals surface area contributed by atoms with Gasteiger partial charge in [-0.15, -0.1) is 0 Å². The first kappa shape index (κ1) is 12.0. The molecular formula is C12H26N2. The van der Waals surface area contributed by atoms with Crippen molar-refractivity contribution in [2.45, 2.75) is 45.6 Å². The van der Waals surface area contributed by atoms with E-state index in [1.165, 1.54) is 45.3 Å². The van der Waals surface area contributed by atoms with Crippen LogP contribution in [0.1, 0.15) is 39.5 Å². The van der Waals surface area contributed by atoms with Crippen molar-refractivity contribution in [3.63, 3.8) is 0 Å². The van der Waals surface area contributed by atoms with Crippen molar-refractivity contribution in [2.24, 2.45) is 5.92 Å². The lowest BCUT2D eigenvalue weighted by Crippen LogP contribution is -2.41. The molecule has 0 aliphatic carbocycles. The van der Waals surface area contributed by atoms with Crippen molar-refractivity contribution in [1.29, 1.82) is 0 Å². The van der Waals surface area contributed by atoms with Crippen LogP contribution < -0.4 is 5.32 Å². The van der Waals surface area contributed by atoms with Crippen LogP contribution >= 0.6 is 0 Å². The Labute approximate surface area is 89.1 Å². The molecule has 0 radical (unpaired) electrons. The van der Waals surface area contributed by atoms with Gasteiger partial charge in [0.2, 0.25) is 0 Å². The van der Waals surface area contributed by atoms with Crippen LogP contribution in [0.15, 0.2) is 0 Å². The Morgan fingerprint density at radius 2 is 2.00 bits per heavy atom. The van der Waals surface area contributed by atoms with E-state index in [-0.39, 0.29) is 0 Å². The highest BCUT2D eigenvalue weighted by molar-refractivity contribution is 4.76. The Kier molecular flexibility index (Phi) is 5.49. The number of nitrogens with one attached hydrogen (secondary N) is 1. The van der Waals surface area contributed by atoms with E-state index in [1.807, 2.05) is 0 Å². The van der Waals surface area contributed by atoms with Crippen molar-refractivity contribution >= 4 is 0 Å². The zero-order valence-corrected chi connectivity index (χ0v) is 10.1. The molecule has 2 heteroatoms. The topological polar surface area (TPSA) is 15.3 Å². The summed E-state index contributed by atoms with van der Waals surface area (Å²) in [7, 11) is 2.06. The molecule has 0 aromatic heterocycles. The van der Waals surface area contributed by atoms with E-state index in [0.717, 1.165) is 12.0 Å². The Hall–Kier alpha value is -0.0800. The normalized spacial score (nSPS) is 22.5. The third-order valence-electron chi connectivity index (χ3n) is 3.47. The fraction of sp³-hybridized carbons (Fsp3) is 1.00. The van der Waals surface area contributed by atoms with Gasteiger partial charge in [0.15, 0.2) is 0 Å². The summed E-state index contributed by atoms with van der Waals surface area (Å²) in [6, 6.07) is 0.801. The summed E-state index contributed by atoms with van der Waals surface area (Å²) in [5.41, 5.74) is 0. The first-order chi connectivity index (χ1) is 6.77. The van der Waals surface area contributed by atoms with Crippen LogP contribution in [-0.4, -0.2) is 37.6 Å². The van der Waals surface area contributed by atoms with Crippen LogP contribution in [0.3, 0.4) is 0 Å². The Morgan fingerprint density at radius 3 is 2.50 bits per heavy atom. The molecule has 0 aromatic carbocycles. The molecule has 0 saturated carbocycles. The maximum atomic E-state index is 3.29. The summed E-state index contributed by atoms with van der Waals surface area (Å²) >= 11 is 0. The summed E-state index contributed by atoms with van der Waals surface area (Å²) in [6.45, 7) is 8.49. The van der Waals surface area contributed by atoms with Crippen LogP contribution in [-0.2, 0) is 0 Å². The van der Waals surface area contributed by atoms with E-state index in [1.54, 1.807) is 0 Å². The summed E-state index contributed by atoms with van der Waals surface area (Å²) in [5, 5.41) is 3.29. The second kappa shape index (κ2) is 6.41. The van der Waals surface area contributed by atoms with E-state index in [0.29, 0.717) is 0 Å². The van der Waals surface area contributed by atoms with Gasteiger partial charge in [-0.1, -0.05) is 13.3 Å². The first-order valence-electron chi connectivity index (χ1n) is 6.16. The molecule has 1 N–H and O–H groups in total. The zero-order valence-electron chi connectivity index (χ0n) is 10.1. The van der Waals surface area contributed by atoms with Gasteiger partial charge in [0.05, 0.1) is 0 Å². The summed E-state index contributed by atoms with van der Waals surface area (Å²) in [4.78, 5) is 2.66. The molecule has 0 bridgehead atoms. The van der Waals surface area contributed by atoms with Crippen molar-refractivity contribution in [1.82, 2.24) is 10.2 Å². The van der Waals surface area contributed by atoms with Gasteiger partial charge in [-0.3, -0.25) is 0 Å². The molecule has 1 saturated heterocycles. The summed E-state index contributed by atoms with van der Waals surface area (Å²) < 4.78 is 0. The van der Waals surface area contributed by atoms with E-state index < -0.39 is 0 Å². The number of hydrogen-bond acceptors (Lipinski definition) is 2. The molecule has 1 rings (SSSR count). The lowest BCUT2D eigenvalue weighted by atomic mass is 9.95. The molecule has 1 aliphatic rings. The van der Waals surface area contributed by atoms with Crippen LogP contribution in [0.4, 0.5) is 0 Å². The predicted octanol–water partition coefficient (Wildman–Crippen LogP) is 2.11. The van der Waals surface area contributed by atoms with Crippen LogP contribution in [0.25, 0.3) is 0 Å². The van der Waals surface area contributed by atoms with Crippen LogP contribution in [0.5, 0.6) is 0 Å². The lowest BCUT2D eigenvalue weighted by Gasteiger charge is -2.36. The molecule has 1 fully saturated rings. The van der Waals surface area contributed by atoms with Crippen molar-refractivity contribution in [3.8, 4) is 0 Å². The second-order valence-corrected chi connectivity index (χ2v) is 4.67. The van der Waals surface area contributed by atoms with Gasteiger partial charge in [0, 0.05) is 6.04 Å². The highest BCUT2D eigenvalue weighted by Crippen LogP contribution is 2.19. The summed E-state index contributed by atoms with van der Waals surface area (Å²) in [5.74, 6) is 0.921. The van der Waals surface area contributed by atoms with Crippen molar-refractivity contribution < 1.29 is 0 Å². The fourth-order valence-corrected chi connectivity index (χ4v) is 2.49. The largest absolute Gasteiger partial charge is 0.319 e. The molecule has 1 atom stereocenters. The van der Waals surface area contributed by atoms with Gasteiger partial charge in [0.1, 0.15) is 0 Å². The van der Waals surface area contributed by atoms with E-state index in [2.05, 4.69) is 31.1 Å². The molecule has 1 unspecified atom stereocenters. The fourth-order valence-electron chi connectivity index (χ4n) is 2.49. The predicted molar refractivity (Wildman–Crippen MR) is 62.6 cm³/mol. The van der Waals surface area contributed by atoms with E-state index >= 15 is 0 Å². The van der Waals surface area contributed by atoms with Gasteiger partial charge in [-0.25, -0.2) is 0 Å². The maximum absolute atomic E-state index is 3.29. The van der Waals surface area contributed by atoms with E-state index in [9.17, 15) is 0 Å². The third kappa shape index (κ3) is 3.58. The Bertz CT molecular complexity index is 139.